The monoisotopic (exact) mass is 580 g/mol. The first-order valence-electron chi connectivity index (χ1n) is 13.2. The molecule has 8 nitrogen and oxygen atoms in total. The first kappa shape index (κ1) is 28.5. The number of anilines is 1. The van der Waals surface area contributed by atoms with Crippen molar-refractivity contribution in [3.63, 3.8) is 0 Å². The van der Waals surface area contributed by atoms with Crippen molar-refractivity contribution in [1.29, 1.82) is 0 Å². The van der Waals surface area contributed by atoms with E-state index in [2.05, 4.69) is 11.6 Å². The van der Waals surface area contributed by atoms with Crippen molar-refractivity contribution in [2.75, 3.05) is 11.5 Å². The quantitative estimate of drug-likeness (QED) is 0.0813. The third kappa shape index (κ3) is 5.59. The summed E-state index contributed by atoms with van der Waals surface area (Å²) in [5.74, 6) is -2.00. The van der Waals surface area contributed by atoms with Crippen molar-refractivity contribution in [3.8, 4) is 5.75 Å². The first-order valence-corrected chi connectivity index (χ1v) is 14.0. The van der Waals surface area contributed by atoms with Crippen LogP contribution >= 0.6 is 11.3 Å². The zero-order valence-corrected chi connectivity index (χ0v) is 23.9. The zero-order chi connectivity index (χ0) is 29.8. The number of thiazole rings is 1. The molecule has 1 amide bonds. The Labute approximate surface area is 247 Å². The van der Waals surface area contributed by atoms with E-state index < -0.39 is 23.7 Å². The summed E-state index contributed by atoms with van der Waals surface area (Å²) in [6, 6.07) is 22.8. The Morgan fingerprint density at radius 3 is 2.40 bits per heavy atom. The highest BCUT2D eigenvalue weighted by atomic mass is 32.1. The van der Waals surface area contributed by atoms with Crippen molar-refractivity contribution < 1.29 is 29.0 Å². The lowest BCUT2D eigenvalue weighted by Crippen LogP contribution is -2.29. The molecule has 5 rings (SSSR count). The third-order valence-electron chi connectivity index (χ3n) is 6.75. The van der Waals surface area contributed by atoms with Gasteiger partial charge in [-0.15, -0.1) is 0 Å². The van der Waals surface area contributed by atoms with E-state index in [1.54, 1.807) is 49.4 Å². The fourth-order valence-electron chi connectivity index (χ4n) is 4.70. The van der Waals surface area contributed by atoms with E-state index in [4.69, 9.17) is 9.47 Å². The van der Waals surface area contributed by atoms with Crippen molar-refractivity contribution in [2.45, 2.75) is 26.5 Å². The second-order valence-electron chi connectivity index (χ2n) is 9.63. The molecule has 1 N–H and O–H groups in total. The number of carbonyl (C=O) groups excluding carboxylic acids is 3. The Hall–Kier alpha value is -5.02. The molecule has 1 atom stereocenters. The van der Waals surface area contributed by atoms with Gasteiger partial charge in [0, 0.05) is 5.56 Å². The Bertz CT molecular complexity index is 1690. The van der Waals surface area contributed by atoms with Crippen LogP contribution in [0.4, 0.5) is 5.13 Å². The number of aliphatic hydroxyl groups excluding tert-OH is 1. The molecule has 4 aromatic rings. The summed E-state index contributed by atoms with van der Waals surface area (Å²) in [5.41, 5.74) is 3.01. The van der Waals surface area contributed by atoms with Gasteiger partial charge in [0.25, 0.3) is 5.78 Å². The zero-order valence-electron chi connectivity index (χ0n) is 23.1. The van der Waals surface area contributed by atoms with Gasteiger partial charge in [-0.3, -0.25) is 14.5 Å². The molecule has 0 radical (unpaired) electrons. The molecule has 212 valence electrons. The predicted octanol–water partition coefficient (Wildman–Crippen LogP) is 6.31. The van der Waals surface area contributed by atoms with Gasteiger partial charge in [-0.1, -0.05) is 84.7 Å². The minimum atomic E-state index is -0.969. The van der Waals surface area contributed by atoms with Gasteiger partial charge in [-0.05, 0) is 48.7 Å². The van der Waals surface area contributed by atoms with Crippen molar-refractivity contribution in [2.24, 2.45) is 0 Å². The lowest BCUT2D eigenvalue weighted by molar-refractivity contribution is -0.132. The number of ether oxygens (including phenoxy) is 2. The van der Waals surface area contributed by atoms with Gasteiger partial charge in [0.1, 0.15) is 29.6 Å². The number of hydrogen-bond acceptors (Lipinski definition) is 8. The highest BCUT2D eigenvalue weighted by Crippen LogP contribution is 2.44. The summed E-state index contributed by atoms with van der Waals surface area (Å²) in [5, 5.41) is 11.7. The number of benzene rings is 3. The number of ketones is 1. The molecule has 0 spiro atoms. The first-order chi connectivity index (χ1) is 20.3. The maximum absolute atomic E-state index is 13.5. The molecular formula is C33H28N2O6S. The number of aromatic nitrogens is 1. The molecule has 9 heteroatoms. The van der Waals surface area contributed by atoms with E-state index in [0.29, 0.717) is 29.2 Å². The molecule has 2 heterocycles. The summed E-state index contributed by atoms with van der Waals surface area (Å²) in [6.07, 6.45) is 1.45. The number of amides is 1. The topological polar surface area (TPSA) is 106 Å². The van der Waals surface area contributed by atoms with Crippen molar-refractivity contribution >= 4 is 39.9 Å². The number of carbonyl (C=O) groups is 3. The van der Waals surface area contributed by atoms with Crippen LogP contribution < -0.4 is 9.64 Å². The molecule has 0 bridgehead atoms. The molecule has 1 aliphatic heterocycles. The summed E-state index contributed by atoms with van der Waals surface area (Å²) in [4.78, 5) is 45.4. The number of rotatable bonds is 9. The van der Waals surface area contributed by atoms with Gasteiger partial charge < -0.3 is 14.6 Å². The number of aryl methyl sites for hydroxylation is 2. The van der Waals surface area contributed by atoms with Crippen LogP contribution in [-0.2, 0) is 20.9 Å². The van der Waals surface area contributed by atoms with Gasteiger partial charge in [0.15, 0.2) is 5.13 Å². The van der Waals surface area contributed by atoms with E-state index in [-0.39, 0.29) is 27.9 Å². The lowest BCUT2D eigenvalue weighted by atomic mass is 9.95. The van der Waals surface area contributed by atoms with E-state index in [9.17, 15) is 19.5 Å². The molecule has 0 saturated carbocycles. The molecule has 0 unspecified atom stereocenters. The average Bonchev–Trinajstić information content (AvgIpc) is 3.52. The van der Waals surface area contributed by atoms with Gasteiger partial charge in [0.2, 0.25) is 0 Å². The maximum atomic E-state index is 13.5. The smallest absolute Gasteiger partial charge is 0.350 e. The molecule has 1 aliphatic rings. The Kier molecular flexibility index (Phi) is 8.31. The Morgan fingerprint density at radius 1 is 1.05 bits per heavy atom. The van der Waals surface area contributed by atoms with Gasteiger partial charge >= 0.3 is 11.9 Å². The Balaban J connectivity index is 1.53. The number of Topliss-reactive ketones (excluding diaryl/α,β-unsaturated/α-hetero) is 1. The minimum Gasteiger partial charge on any atom is -0.507 e. The second kappa shape index (κ2) is 12.2. The van der Waals surface area contributed by atoms with Gasteiger partial charge in [-0.2, -0.15) is 0 Å². The molecular weight excluding hydrogens is 552 g/mol. The highest BCUT2D eigenvalue weighted by Gasteiger charge is 2.48. The van der Waals surface area contributed by atoms with Crippen LogP contribution in [0.15, 0.2) is 97.1 Å². The Morgan fingerprint density at radius 2 is 1.74 bits per heavy atom. The number of esters is 1. The SMILES string of the molecule is C=CCOC(=O)c1sc(N2C(=O)C(=O)/C(=C(/O)c3ccc(OCc4ccccc4)c(C)c3)[C@@H]2c2ccccc2)nc1C. The van der Waals surface area contributed by atoms with E-state index >= 15 is 0 Å². The van der Waals surface area contributed by atoms with E-state index in [1.807, 2.05) is 43.3 Å². The molecule has 1 saturated heterocycles. The predicted molar refractivity (Wildman–Crippen MR) is 161 cm³/mol. The molecule has 1 fully saturated rings. The van der Waals surface area contributed by atoms with Crippen LogP contribution in [0.5, 0.6) is 5.75 Å². The fourth-order valence-corrected chi connectivity index (χ4v) is 5.69. The van der Waals surface area contributed by atoms with Crippen LogP contribution in [0.2, 0.25) is 0 Å². The molecule has 42 heavy (non-hydrogen) atoms. The largest absolute Gasteiger partial charge is 0.507 e. The highest BCUT2D eigenvalue weighted by molar-refractivity contribution is 7.17. The van der Waals surface area contributed by atoms with Crippen LogP contribution in [0.3, 0.4) is 0 Å². The van der Waals surface area contributed by atoms with Crippen LogP contribution in [0.1, 0.15) is 43.7 Å². The standard InChI is InChI=1S/C33H28N2O6S/c1-4-17-40-32(39)30-21(3)34-33(42-30)35-27(23-13-9-6-10-14-23)26(29(37)31(35)38)28(36)24-15-16-25(20(2)18-24)41-19-22-11-7-5-8-12-22/h4-16,18,27,36H,1,17,19H2,2-3H3/b28-26+/t27-/m0/s1. The minimum absolute atomic E-state index is 0.0234. The lowest BCUT2D eigenvalue weighted by Gasteiger charge is -2.23. The number of aliphatic hydroxyl groups is 1. The van der Waals surface area contributed by atoms with E-state index in [0.717, 1.165) is 22.5 Å². The summed E-state index contributed by atoms with van der Waals surface area (Å²) in [6.45, 7) is 7.42. The fraction of sp³-hybridized carbons (Fsp3) is 0.152. The van der Waals surface area contributed by atoms with Crippen LogP contribution in [-0.4, -0.2) is 34.4 Å². The molecule has 0 aliphatic carbocycles. The van der Waals surface area contributed by atoms with Gasteiger partial charge in [0.05, 0.1) is 17.3 Å². The van der Waals surface area contributed by atoms with Crippen LogP contribution in [0.25, 0.3) is 5.76 Å². The van der Waals surface area contributed by atoms with E-state index in [1.165, 1.54) is 11.0 Å². The average molecular weight is 581 g/mol. The molecule has 1 aromatic heterocycles. The summed E-state index contributed by atoms with van der Waals surface area (Å²) >= 11 is 0.949. The van der Waals surface area contributed by atoms with Crippen LogP contribution in [0, 0.1) is 13.8 Å². The van der Waals surface area contributed by atoms with Crippen molar-refractivity contribution in [1.82, 2.24) is 4.98 Å². The maximum Gasteiger partial charge on any atom is 0.350 e. The second-order valence-corrected chi connectivity index (χ2v) is 10.6. The third-order valence-corrected chi connectivity index (χ3v) is 7.89. The number of hydrogen-bond donors (Lipinski definition) is 1. The number of nitrogens with zero attached hydrogens (tertiary/aromatic N) is 2. The van der Waals surface area contributed by atoms with Gasteiger partial charge in [-0.25, -0.2) is 9.78 Å². The van der Waals surface area contributed by atoms with Crippen molar-refractivity contribution in [3.05, 3.63) is 130 Å². The summed E-state index contributed by atoms with van der Waals surface area (Å²) in [7, 11) is 0. The molecule has 3 aromatic carbocycles. The summed E-state index contributed by atoms with van der Waals surface area (Å²) < 4.78 is 11.1. The normalized spacial score (nSPS) is 16.0.